The third-order valence-corrected chi connectivity index (χ3v) is 3.96. The lowest BCUT2D eigenvalue weighted by molar-refractivity contribution is 0.414. The summed E-state index contributed by atoms with van der Waals surface area (Å²) >= 11 is 5.86. The molecule has 0 aromatic heterocycles. The SMILES string of the molecule is CC1NNC(C)C1CNCCc1ccc(Cl)cc1.Cl. The Hall–Kier alpha value is -0.320. The summed E-state index contributed by atoms with van der Waals surface area (Å²) in [6.45, 7) is 6.51. The Bertz CT molecular complexity index is 359. The minimum Gasteiger partial charge on any atom is -0.316 e. The van der Waals surface area contributed by atoms with Crippen molar-refractivity contribution in [3.05, 3.63) is 34.9 Å². The molecule has 1 aliphatic heterocycles. The molecular formula is C14H23Cl2N3. The minimum atomic E-state index is 0. The Morgan fingerprint density at radius 1 is 1.11 bits per heavy atom. The highest BCUT2D eigenvalue weighted by atomic mass is 35.5. The van der Waals surface area contributed by atoms with Crippen LogP contribution >= 0.6 is 24.0 Å². The van der Waals surface area contributed by atoms with Gasteiger partial charge in [0, 0.05) is 29.6 Å². The zero-order valence-electron chi connectivity index (χ0n) is 11.4. The maximum atomic E-state index is 5.86. The first kappa shape index (κ1) is 16.7. The quantitative estimate of drug-likeness (QED) is 0.731. The number of nitrogens with one attached hydrogen (secondary N) is 3. The molecule has 2 unspecified atom stereocenters. The first-order valence-corrected chi connectivity index (χ1v) is 7.01. The van der Waals surface area contributed by atoms with E-state index in [0.717, 1.165) is 24.5 Å². The molecule has 1 saturated heterocycles. The molecule has 0 spiro atoms. The molecule has 1 aromatic carbocycles. The Labute approximate surface area is 126 Å². The van der Waals surface area contributed by atoms with E-state index in [9.17, 15) is 0 Å². The highest BCUT2D eigenvalue weighted by molar-refractivity contribution is 6.30. The molecule has 2 rings (SSSR count). The summed E-state index contributed by atoms with van der Waals surface area (Å²) in [6, 6.07) is 9.14. The van der Waals surface area contributed by atoms with Gasteiger partial charge in [-0.1, -0.05) is 23.7 Å². The molecule has 0 amide bonds. The fourth-order valence-corrected chi connectivity index (χ4v) is 2.54. The molecule has 0 aliphatic carbocycles. The lowest BCUT2D eigenvalue weighted by Gasteiger charge is -2.18. The standard InChI is InChI=1S/C14H22ClN3.ClH/c1-10-14(11(2)18-17-10)9-16-8-7-12-3-5-13(15)6-4-12;/h3-6,10-11,14,16-18H,7-9H2,1-2H3;1H. The van der Waals surface area contributed by atoms with Gasteiger partial charge >= 0.3 is 0 Å². The second-order valence-corrected chi connectivity index (χ2v) is 5.55. The molecule has 2 atom stereocenters. The molecule has 0 saturated carbocycles. The average Bonchev–Trinajstić information content (AvgIpc) is 2.68. The van der Waals surface area contributed by atoms with Gasteiger partial charge < -0.3 is 5.32 Å². The van der Waals surface area contributed by atoms with Crippen molar-refractivity contribution in [2.24, 2.45) is 5.92 Å². The zero-order valence-corrected chi connectivity index (χ0v) is 13.0. The van der Waals surface area contributed by atoms with Crippen LogP contribution in [0, 0.1) is 5.92 Å². The number of hydrazine groups is 1. The van der Waals surface area contributed by atoms with Gasteiger partial charge in [0.15, 0.2) is 0 Å². The lowest BCUT2D eigenvalue weighted by Crippen LogP contribution is -2.34. The van der Waals surface area contributed by atoms with Crippen LogP contribution < -0.4 is 16.2 Å². The van der Waals surface area contributed by atoms with Crippen LogP contribution in [-0.4, -0.2) is 25.2 Å². The molecule has 108 valence electrons. The molecule has 3 N–H and O–H groups in total. The van der Waals surface area contributed by atoms with Gasteiger partial charge in [-0.25, -0.2) is 0 Å². The van der Waals surface area contributed by atoms with Crippen LogP contribution in [0.2, 0.25) is 5.02 Å². The van der Waals surface area contributed by atoms with Crippen molar-refractivity contribution in [2.75, 3.05) is 13.1 Å². The summed E-state index contributed by atoms with van der Waals surface area (Å²) in [5, 5.41) is 4.34. The summed E-state index contributed by atoms with van der Waals surface area (Å²) in [5.74, 6) is 0.648. The second-order valence-electron chi connectivity index (χ2n) is 5.11. The van der Waals surface area contributed by atoms with Crippen LogP contribution in [0.3, 0.4) is 0 Å². The fraction of sp³-hybridized carbons (Fsp3) is 0.571. The number of rotatable bonds is 5. The molecular weight excluding hydrogens is 281 g/mol. The maximum absolute atomic E-state index is 5.86. The van der Waals surface area contributed by atoms with Gasteiger partial charge in [-0.15, -0.1) is 12.4 Å². The Morgan fingerprint density at radius 3 is 2.26 bits per heavy atom. The molecule has 0 radical (unpaired) electrons. The van der Waals surface area contributed by atoms with Crippen molar-refractivity contribution in [2.45, 2.75) is 32.4 Å². The van der Waals surface area contributed by atoms with Crippen LogP contribution in [0.5, 0.6) is 0 Å². The van der Waals surface area contributed by atoms with E-state index in [4.69, 9.17) is 11.6 Å². The predicted molar refractivity (Wildman–Crippen MR) is 84.0 cm³/mol. The van der Waals surface area contributed by atoms with Gasteiger partial charge in [-0.3, -0.25) is 10.9 Å². The zero-order chi connectivity index (χ0) is 13.0. The molecule has 3 nitrogen and oxygen atoms in total. The van der Waals surface area contributed by atoms with Gasteiger partial charge in [0.05, 0.1) is 0 Å². The molecule has 0 bridgehead atoms. The average molecular weight is 304 g/mol. The van der Waals surface area contributed by atoms with E-state index in [1.165, 1.54) is 5.56 Å². The third kappa shape index (κ3) is 4.93. The van der Waals surface area contributed by atoms with Gasteiger partial charge in [0.1, 0.15) is 0 Å². The molecule has 1 heterocycles. The van der Waals surface area contributed by atoms with Crippen molar-refractivity contribution in [1.29, 1.82) is 0 Å². The fourth-order valence-electron chi connectivity index (χ4n) is 2.42. The van der Waals surface area contributed by atoms with Crippen molar-refractivity contribution < 1.29 is 0 Å². The molecule has 1 aliphatic rings. The van der Waals surface area contributed by atoms with Crippen LogP contribution in [0.15, 0.2) is 24.3 Å². The summed E-state index contributed by atoms with van der Waals surface area (Å²) in [5.41, 5.74) is 7.89. The maximum Gasteiger partial charge on any atom is 0.0406 e. The van der Waals surface area contributed by atoms with E-state index in [-0.39, 0.29) is 12.4 Å². The predicted octanol–water partition coefficient (Wildman–Crippen LogP) is 2.39. The first-order chi connectivity index (χ1) is 8.66. The summed E-state index contributed by atoms with van der Waals surface area (Å²) in [7, 11) is 0. The minimum absolute atomic E-state index is 0. The highest BCUT2D eigenvalue weighted by Crippen LogP contribution is 2.13. The summed E-state index contributed by atoms with van der Waals surface area (Å²) in [6.07, 6.45) is 1.05. The third-order valence-electron chi connectivity index (χ3n) is 3.71. The van der Waals surface area contributed by atoms with Gasteiger partial charge in [-0.05, 0) is 44.5 Å². The van der Waals surface area contributed by atoms with Crippen LogP contribution in [0.1, 0.15) is 19.4 Å². The van der Waals surface area contributed by atoms with Crippen LogP contribution in [0.4, 0.5) is 0 Å². The highest BCUT2D eigenvalue weighted by Gasteiger charge is 2.28. The Balaban J connectivity index is 0.00000180. The Kier molecular flexibility index (Phi) is 7.11. The molecule has 1 fully saturated rings. The summed E-state index contributed by atoms with van der Waals surface area (Å²) in [4.78, 5) is 0. The van der Waals surface area contributed by atoms with E-state index in [2.05, 4.69) is 42.1 Å². The van der Waals surface area contributed by atoms with Crippen molar-refractivity contribution >= 4 is 24.0 Å². The van der Waals surface area contributed by atoms with E-state index in [1.54, 1.807) is 0 Å². The van der Waals surface area contributed by atoms with E-state index >= 15 is 0 Å². The monoisotopic (exact) mass is 303 g/mol. The van der Waals surface area contributed by atoms with E-state index in [0.29, 0.717) is 18.0 Å². The molecule has 1 aromatic rings. The van der Waals surface area contributed by atoms with Crippen LogP contribution in [0.25, 0.3) is 0 Å². The van der Waals surface area contributed by atoms with Crippen molar-refractivity contribution in [3.8, 4) is 0 Å². The Morgan fingerprint density at radius 2 is 1.68 bits per heavy atom. The van der Waals surface area contributed by atoms with E-state index in [1.807, 2.05) is 12.1 Å². The number of hydrogen-bond acceptors (Lipinski definition) is 3. The van der Waals surface area contributed by atoms with E-state index < -0.39 is 0 Å². The second kappa shape index (κ2) is 8.08. The first-order valence-electron chi connectivity index (χ1n) is 6.63. The van der Waals surface area contributed by atoms with Crippen molar-refractivity contribution in [3.63, 3.8) is 0 Å². The molecule has 5 heteroatoms. The topological polar surface area (TPSA) is 36.1 Å². The van der Waals surface area contributed by atoms with Gasteiger partial charge in [0.25, 0.3) is 0 Å². The smallest absolute Gasteiger partial charge is 0.0406 e. The lowest BCUT2D eigenvalue weighted by atomic mass is 9.97. The van der Waals surface area contributed by atoms with Crippen LogP contribution in [-0.2, 0) is 6.42 Å². The van der Waals surface area contributed by atoms with Gasteiger partial charge in [0.2, 0.25) is 0 Å². The summed E-state index contributed by atoms with van der Waals surface area (Å²) < 4.78 is 0. The van der Waals surface area contributed by atoms with Crippen molar-refractivity contribution in [1.82, 2.24) is 16.2 Å². The number of hydrogen-bond donors (Lipinski definition) is 3. The normalized spacial score (nSPS) is 26.2. The molecule has 19 heavy (non-hydrogen) atoms. The largest absolute Gasteiger partial charge is 0.316 e. The number of benzene rings is 1. The van der Waals surface area contributed by atoms with Gasteiger partial charge in [-0.2, -0.15) is 0 Å². The number of halogens is 2.